The number of likely N-dealkylation sites (tertiary alicyclic amines) is 1. The molecule has 16 heteroatoms. The predicted octanol–water partition coefficient (Wildman–Crippen LogP) is 6.14. The molecular formula is C39H37ClF3N8O4+. The number of aromatic nitrogens is 5. The normalized spacial score (nSPS) is 23.4. The second-order valence-electron chi connectivity index (χ2n) is 14.8. The summed E-state index contributed by atoms with van der Waals surface area (Å²) in [5.41, 5.74) is -0.279. The Kier molecular flexibility index (Phi) is 9.25. The number of carbonyl (C=O) groups is 1. The van der Waals surface area contributed by atoms with Crippen LogP contribution in [0.3, 0.4) is 0 Å². The monoisotopic (exact) mass is 773 g/mol. The van der Waals surface area contributed by atoms with Crippen molar-refractivity contribution in [2.75, 3.05) is 53.0 Å². The molecule has 4 saturated heterocycles. The van der Waals surface area contributed by atoms with Crippen LogP contribution in [0.15, 0.2) is 47.1 Å². The lowest BCUT2D eigenvalue weighted by Gasteiger charge is -2.30. The van der Waals surface area contributed by atoms with Crippen LogP contribution in [0, 0.1) is 17.6 Å². The molecule has 0 aliphatic carbocycles. The maximum Gasteiger partial charge on any atom is 0.434 e. The van der Waals surface area contributed by atoms with Gasteiger partial charge in [-0.1, -0.05) is 41.0 Å². The molecule has 1 unspecified atom stereocenters. The second kappa shape index (κ2) is 14.3. The third-order valence-corrected chi connectivity index (χ3v) is 11.6. The number of halogens is 4. The highest BCUT2D eigenvalue weighted by Gasteiger charge is 2.49. The SMILES string of the molecule is C/[N+](=C/C1CCN(C(=O)/C=C/c2nc(C3COC3)no2)C1)c1nc(OC[C@@]23CCCN2C[C@H](F)C3)nc2c(F)c(-c3cccc4ccc(F)c(Cl)c34)ncc12. The zero-order valence-corrected chi connectivity index (χ0v) is 30.7. The van der Waals surface area contributed by atoms with Crippen molar-refractivity contribution in [1.82, 2.24) is 34.9 Å². The molecule has 0 saturated carbocycles. The number of carbonyl (C=O) groups excluding carboxylic acids is 1. The van der Waals surface area contributed by atoms with Gasteiger partial charge in [-0.05, 0) is 37.3 Å². The van der Waals surface area contributed by atoms with Crippen LogP contribution in [-0.2, 0) is 9.53 Å². The molecular weight excluding hydrogens is 737 g/mol. The van der Waals surface area contributed by atoms with Crippen LogP contribution in [0.1, 0.15) is 43.3 Å². The van der Waals surface area contributed by atoms with Crippen LogP contribution < -0.4 is 4.74 Å². The first-order valence-electron chi connectivity index (χ1n) is 18.4. The Morgan fingerprint density at radius 3 is 2.85 bits per heavy atom. The van der Waals surface area contributed by atoms with E-state index < -0.39 is 23.3 Å². The molecule has 4 fully saturated rings. The first-order chi connectivity index (χ1) is 26.7. The first-order valence-corrected chi connectivity index (χ1v) is 18.7. The number of nitrogens with zero attached hydrogens (tertiary/aromatic N) is 8. The Morgan fingerprint density at radius 1 is 1.15 bits per heavy atom. The van der Waals surface area contributed by atoms with E-state index in [4.69, 9.17) is 30.6 Å². The third kappa shape index (κ3) is 6.61. The minimum absolute atomic E-state index is 0.0484. The van der Waals surface area contributed by atoms with E-state index in [-0.39, 0.29) is 52.5 Å². The van der Waals surface area contributed by atoms with E-state index in [1.807, 2.05) is 6.21 Å². The highest BCUT2D eigenvalue weighted by Crippen LogP contribution is 2.41. The summed E-state index contributed by atoms with van der Waals surface area (Å²) >= 11 is 6.42. The number of rotatable bonds is 9. The Labute approximate surface area is 318 Å². The maximum atomic E-state index is 16.8. The van der Waals surface area contributed by atoms with Crippen LogP contribution in [0.4, 0.5) is 19.0 Å². The fraction of sp³-hybridized carbons (Fsp3) is 0.410. The molecule has 7 heterocycles. The minimum atomic E-state index is -0.950. The summed E-state index contributed by atoms with van der Waals surface area (Å²) in [5.74, 6) is -0.365. The lowest BCUT2D eigenvalue weighted by molar-refractivity contribution is -0.405. The van der Waals surface area contributed by atoms with E-state index in [1.165, 1.54) is 24.4 Å². The molecule has 2 aromatic carbocycles. The van der Waals surface area contributed by atoms with Crippen LogP contribution >= 0.6 is 11.6 Å². The highest BCUT2D eigenvalue weighted by atomic mass is 35.5. The molecule has 12 nitrogen and oxygen atoms in total. The Morgan fingerprint density at radius 2 is 2.02 bits per heavy atom. The summed E-state index contributed by atoms with van der Waals surface area (Å²) in [6.07, 6.45) is 8.15. The summed E-state index contributed by atoms with van der Waals surface area (Å²) in [6.45, 7) is 3.35. The van der Waals surface area contributed by atoms with Gasteiger partial charge in [-0.2, -0.15) is 9.97 Å². The topological polar surface area (TPSA) is 123 Å². The van der Waals surface area contributed by atoms with E-state index in [9.17, 15) is 13.6 Å². The number of hydrogen-bond acceptors (Lipinski definition) is 10. The van der Waals surface area contributed by atoms with Crippen molar-refractivity contribution in [3.63, 3.8) is 0 Å². The van der Waals surface area contributed by atoms with Crippen molar-refractivity contribution in [2.45, 2.75) is 43.3 Å². The fourth-order valence-electron chi connectivity index (χ4n) is 8.31. The van der Waals surface area contributed by atoms with Gasteiger partial charge < -0.3 is 18.9 Å². The van der Waals surface area contributed by atoms with Gasteiger partial charge in [0, 0.05) is 66.3 Å². The third-order valence-electron chi connectivity index (χ3n) is 11.2. The van der Waals surface area contributed by atoms with Crippen LogP contribution in [0.5, 0.6) is 6.01 Å². The van der Waals surface area contributed by atoms with E-state index in [1.54, 1.807) is 40.8 Å². The fourth-order valence-corrected chi connectivity index (χ4v) is 8.58. The zero-order chi connectivity index (χ0) is 37.8. The molecule has 55 heavy (non-hydrogen) atoms. The van der Waals surface area contributed by atoms with Gasteiger partial charge in [0.25, 0.3) is 5.89 Å². The van der Waals surface area contributed by atoms with Crippen molar-refractivity contribution in [1.29, 1.82) is 0 Å². The lowest BCUT2D eigenvalue weighted by Crippen LogP contribution is -2.43. The molecule has 9 rings (SSSR count). The Bertz CT molecular complexity index is 2390. The second-order valence-corrected chi connectivity index (χ2v) is 15.2. The summed E-state index contributed by atoms with van der Waals surface area (Å²) in [4.78, 5) is 35.1. The Balaban J connectivity index is 1.03. The molecule has 4 aliphatic heterocycles. The van der Waals surface area contributed by atoms with Crippen molar-refractivity contribution in [3.8, 4) is 17.3 Å². The number of fused-ring (bicyclic) bond motifs is 3. The lowest BCUT2D eigenvalue weighted by atomic mass is 9.95. The van der Waals surface area contributed by atoms with Crippen LogP contribution in [-0.4, -0.2) is 116 Å². The number of hydrogen-bond donors (Lipinski definition) is 0. The molecule has 0 bridgehead atoms. The summed E-state index contributed by atoms with van der Waals surface area (Å²) in [6, 6.07) is 7.91. The summed E-state index contributed by atoms with van der Waals surface area (Å²) < 4.78 is 64.5. The van der Waals surface area contributed by atoms with Crippen LogP contribution in [0.25, 0.3) is 39.0 Å². The molecule has 3 atom stereocenters. The van der Waals surface area contributed by atoms with Gasteiger partial charge >= 0.3 is 11.8 Å². The number of benzene rings is 2. The van der Waals surface area contributed by atoms with E-state index in [0.717, 1.165) is 19.4 Å². The number of alkyl halides is 1. The van der Waals surface area contributed by atoms with Gasteiger partial charge in [0.15, 0.2) is 11.6 Å². The molecule has 4 aliphatic rings. The average molecular weight is 774 g/mol. The van der Waals surface area contributed by atoms with Crippen LogP contribution in [0.2, 0.25) is 5.02 Å². The summed E-state index contributed by atoms with van der Waals surface area (Å²) in [5, 5.41) is 5.10. The molecule has 284 valence electrons. The molecule has 1 amide bonds. The van der Waals surface area contributed by atoms with Crippen molar-refractivity contribution < 1.29 is 36.5 Å². The average Bonchev–Trinajstić information content (AvgIpc) is 3.96. The smallest absolute Gasteiger partial charge is 0.434 e. The van der Waals surface area contributed by atoms with Gasteiger partial charge in [0.2, 0.25) is 5.91 Å². The van der Waals surface area contributed by atoms with Crippen molar-refractivity contribution in [2.24, 2.45) is 5.92 Å². The van der Waals surface area contributed by atoms with E-state index >= 15 is 4.39 Å². The first kappa shape index (κ1) is 35.7. The van der Waals surface area contributed by atoms with Gasteiger partial charge in [-0.3, -0.25) is 14.7 Å². The number of amides is 1. The molecule has 0 N–H and O–H groups in total. The van der Waals surface area contributed by atoms with Gasteiger partial charge in [-0.25, -0.2) is 17.7 Å². The summed E-state index contributed by atoms with van der Waals surface area (Å²) in [7, 11) is 1.79. The van der Waals surface area contributed by atoms with E-state index in [2.05, 4.69) is 25.0 Å². The Hall–Kier alpha value is -4.99. The van der Waals surface area contributed by atoms with Crippen molar-refractivity contribution in [3.05, 3.63) is 71.0 Å². The minimum Gasteiger partial charge on any atom is -0.443 e. The van der Waals surface area contributed by atoms with E-state index in [0.29, 0.717) is 79.1 Å². The van der Waals surface area contributed by atoms with Gasteiger partial charge in [-0.15, -0.1) is 0 Å². The quantitative estimate of drug-likeness (QED) is 0.0982. The van der Waals surface area contributed by atoms with Crippen molar-refractivity contribution >= 4 is 57.3 Å². The van der Waals surface area contributed by atoms with Gasteiger partial charge in [0.1, 0.15) is 35.2 Å². The number of ether oxygens (including phenoxy) is 2. The largest absolute Gasteiger partial charge is 0.443 e. The molecule has 3 aromatic heterocycles. The molecule has 0 spiro atoms. The zero-order valence-electron chi connectivity index (χ0n) is 29.9. The van der Waals surface area contributed by atoms with Gasteiger partial charge in [0.05, 0.1) is 43.0 Å². The standard InChI is InChI=1S/C39H37ClF3N8O4/c1-49(16-22-10-13-50(17-22)30(52)9-8-29-45-36(48-55-29)24-19-53-20-24)37-27-15-44-34(26-5-2-4-23-6-7-28(42)32(40)31(23)26)33(43)35(27)46-38(47-37)54-21-39-11-3-12-51(39)18-25(41)14-39/h2,4-9,15-16,22,24-25H,3,10-14,17-21H2,1H3/q+1/b9-8+,49-16-/t22?,25-,39+/m1/s1. The number of pyridine rings is 1. The molecule has 5 aromatic rings. The molecule has 0 radical (unpaired) electrons. The maximum absolute atomic E-state index is 16.8. The highest BCUT2D eigenvalue weighted by molar-refractivity contribution is 6.36. The predicted molar refractivity (Wildman–Crippen MR) is 197 cm³/mol.